The van der Waals surface area contributed by atoms with Crippen LogP contribution in [0.2, 0.25) is 0 Å². The fraction of sp³-hybridized carbons (Fsp3) is 0.778. The lowest BCUT2D eigenvalue weighted by atomic mass is 9.92. The van der Waals surface area contributed by atoms with Crippen molar-refractivity contribution in [2.75, 3.05) is 14.1 Å². The maximum Gasteiger partial charge on any atom is 0.225 e. The smallest absolute Gasteiger partial charge is 0.225 e. The minimum absolute atomic E-state index is 0.0390. The van der Waals surface area contributed by atoms with Crippen LogP contribution >= 0.6 is 0 Å². The minimum Gasteiger partial charge on any atom is -0.349 e. The summed E-state index contributed by atoms with van der Waals surface area (Å²) in [4.78, 5) is 23.3. The molecular formula is C9H17NO2. The molecule has 0 saturated carbocycles. The monoisotopic (exact) mass is 171 g/mol. The highest BCUT2D eigenvalue weighted by atomic mass is 16.2. The van der Waals surface area contributed by atoms with Gasteiger partial charge in [-0.2, -0.15) is 0 Å². The van der Waals surface area contributed by atoms with Crippen LogP contribution in [0.5, 0.6) is 0 Å². The van der Waals surface area contributed by atoms with E-state index in [4.69, 9.17) is 0 Å². The van der Waals surface area contributed by atoms with E-state index in [-0.39, 0.29) is 17.7 Å². The molecule has 3 heteroatoms. The molecule has 70 valence electrons. The first kappa shape index (κ1) is 11.1. The second-order valence-electron chi connectivity index (χ2n) is 3.49. The third-order valence-electron chi connectivity index (χ3n) is 1.91. The van der Waals surface area contributed by atoms with E-state index in [2.05, 4.69) is 0 Å². The molecule has 0 bridgehead atoms. The van der Waals surface area contributed by atoms with Gasteiger partial charge in [-0.15, -0.1) is 0 Å². The van der Waals surface area contributed by atoms with Gasteiger partial charge >= 0.3 is 0 Å². The van der Waals surface area contributed by atoms with Gasteiger partial charge in [0.2, 0.25) is 5.91 Å². The summed E-state index contributed by atoms with van der Waals surface area (Å²) in [7, 11) is 3.42. The van der Waals surface area contributed by atoms with Crippen LogP contribution in [0.1, 0.15) is 20.3 Å². The Hall–Kier alpha value is -0.860. The van der Waals surface area contributed by atoms with Crippen LogP contribution in [0.25, 0.3) is 0 Å². The van der Waals surface area contributed by atoms with Crippen LogP contribution in [-0.4, -0.2) is 31.2 Å². The quantitative estimate of drug-likeness (QED) is 0.590. The van der Waals surface area contributed by atoms with Gasteiger partial charge in [-0.3, -0.25) is 4.79 Å². The van der Waals surface area contributed by atoms with E-state index in [1.54, 1.807) is 14.1 Å². The van der Waals surface area contributed by atoms with E-state index in [1.807, 2.05) is 13.8 Å². The summed E-state index contributed by atoms with van der Waals surface area (Å²) in [5.74, 6) is 0.111. The molecule has 1 atom stereocenters. The Labute approximate surface area is 73.7 Å². The van der Waals surface area contributed by atoms with Gasteiger partial charge in [0.25, 0.3) is 0 Å². The largest absolute Gasteiger partial charge is 0.349 e. The van der Waals surface area contributed by atoms with Crippen LogP contribution in [0.15, 0.2) is 0 Å². The zero-order valence-corrected chi connectivity index (χ0v) is 8.20. The van der Waals surface area contributed by atoms with E-state index >= 15 is 0 Å². The Morgan fingerprint density at radius 3 is 2.17 bits per heavy atom. The number of nitrogens with zero attached hydrogens (tertiary/aromatic N) is 1. The van der Waals surface area contributed by atoms with Gasteiger partial charge < -0.3 is 9.69 Å². The first-order chi connectivity index (χ1) is 5.50. The molecule has 1 unspecified atom stereocenters. The van der Waals surface area contributed by atoms with Crippen LogP contribution in [0.4, 0.5) is 0 Å². The molecule has 1 amide bonds. The van der Waals surface area contributed by atoms with E-state index in [0.29, 0.717) is 6.42 Å². The number of rotatable bonds is 4. The Bertz CT molecular complexity index is 164. The lowest BCUT2D eigenvalue weighted by molar-refractivity contribution is -0.135. The average molecular weight is 171 g/mol. The maximum absolute atomic E-state index is 11.4. The molecule has 0 saturated heterocycles. The van der Waals surface area contributed by atoms with Gasteiger partial charge in [-0.05, 0) is 5.92 Å². The van der Waals surface area contributed by atoms with Crippen molar-refractivity contribution < 1.29 is 9.59 Å². The van der Waals surface area contributed by atoms with Crippen molar-refractivity contribution in [1.29, 1.82) is 0 Å². The summed E-state index contributed by atoms with van der Waals surface area (Å²) in [5.41, 5.74) is 0. The van der Waals surface area contributed by atoms with E-state index in [9.17, 15) is 9.59 Å². The van der Waals surface area contributed by atoms with E-state index < -0.39 is 0 Å². The summed E-state index contributed by atoms with van der Waals surface area (Å²) in [6.07, 6.45) is 1.14. The molecule has 0 fully saturated rings. The second kappa shape index (κ2) is 4.91. The summed E-state index contributed by atoms with van der Waals surface area (Å²) < 4.78 is 0. The summed E-state index contributed by atoms with van der Waals surface area (Å²) in [6, 6.07) is 0. The molecule has 3 nitrogen and oxygen atoms in total. The van der Waals surface area contributed by atoms with Gasteiger partial charge in [0, 0.05) is 26.4 Å². The summed E-state index contributed by atoms with van der Waals surface area (Å²) in [5, 5.41) is 0. The summed E-state index contributed by atoms with van der Waals surface area (Å²) >= 11 is 0. The molecule has 0 spiro atoms. The molecule has 0 aliphatic rings. The second-order valence-corrected chi connectivity index (χ2v) is 3.49. The van der Waals surface area contributed by atoms with Crippen LogP contribution in [0.3, 0.4) is 0 Å². The predicted molar refractivity (Wildman–Crippen MR) is 47.7 cm³/mol. The average Bonchev–Trinajstić information content (AvgIpc) is 1.98. The highest BCUT2D eigenvalue weighted by Gasteiger charge is 2.22. The Morgan fingerprint density at radius 1 is 1.42 bits per heavy atom. The number of amides is 1. The maximum atomic E-state index is 11.4. The highest BCUT2D eigenvalue weighted by Crippen LogP contribution is 2.15. The molecule has 0 rings (SSSR count). The van der Waals surface area contributed by atoms with Crippen LogP contribution < -0.4 is 0 Å². The van der Waals surface area contributed by atoms with Crippen molar-refractivity contribution in [2.24, 2.45) is 11.8 Å². The molecule has 0 aliphatic heterocycles. The fourth-order valence-corrected chi connectivity index (χ4v) is 1.09. The van der Waals surface area contributed by atoms with Crippen molar-refractivity contribution in [2.45, 2.75) is 20.3 Å². The molecule has 0 aromatic rings. The van der Waals surface area contributed by atoms with Gasteiger partial charge in [-0.25, -0.2) is 0 Å². The highest BCUT2D eigenvalue weighted by molar-refractivity contribution is 5.80. The Morgan fingerprint density at radius 2 is 1.92 bits per heavy atom. The predicted octanol–water partition coefficient (Wildman–Crippen LogP) is 0.936. The lowest BCUT2D eigenvalue weighted by Crippen LogP contribution is -2.32. The van der Waals surface area contributed by atoms with E-state index in [1.165, 1.54) is 4.90 Å². The topological polar surface area (TPSA) is 37.4 Å². The van der Waals surface area contributed by atoms with Crippen molar-refractivity contribution >= 4 is 12.2 Å². The first-order valence-electron chi connectivity index (χ1n) is 4.15. The zero-order chi connectivity index (χ0) is 9.72. The summed E-state index contributed by atoms with van der Waals surface area (Å²) in [6.45, 7) is 3.91. The molecule has 0 radical (unpaired) electrons. The third-order valence-corrected chi connectivity index (χ3v) is 1.91. The SMILES string of the molecule is CC(C)C(CC=O)C(=O)N(C)C. The number of carbonyl (C=O) groups excluding carboxylic acids is 2. The Kier molecular flexibility index (Phi) is 4.55. The molecule has 12 heavy (non-hydrogen) atoms. The van der Waals surface area contributed by atoms with Gasteiger partial charge in [0.1, 0.15) is 6.29 Å². The Balaban J connectivity index is 4.29. The minimum atomic E-state index is -0.155. The molecule has 0 N–H and O–H groups in total. The van der Waals surface area contributed by atoms with Crippen LogP contribution in [0, 0.1) is 11.8 Å². The zero-order valence-electron chi connectivity index (χ0n) is 8.20. The molecule has 0 aromatic carbocycles. The number of aldehydes is 1. The van der Waals surface area contributed by atoms with Crippen molar-refractivity contribution in [1.82, 2.24) is 4.90 Å². The van der Waals surface area contributed by atoms with Crippen LogP contribution in [-0.2, 0) is 9.59 Å². The lowest BCUT2D eigenvalue weighted by Gasteiger charge is -2.21. The first-order valence-corrected chi connectivity index (χ1v) is 4.15. The van der Waals surface area contributed by atoms with Gasteiger partial charge in [0.15, 0.2) is 0 Å². The fourth-order valence-electron chi connectivity index (χ4n) is 1.09. The van der Waals surface area contributed by atoms with Gasteiger partial charge in [0.05, 0.1) is 0 Å². The number of hydrogen-bond donors (Lipinski definition) is 0. The molecule has 0 aromatic heterocycles. The van der Waals surface area contributed by atoms with Crippen molar-refractivity contribution in [3.8, 4) is 0 Å². The number of carbonyl (C=O) groups is 2. The molecular weight excluding hydrogens is 154 g/mol. The standard InChI is InChI=1S/C9H17NO2/c1-7(2)8(5-6-11)9(12)10(3)4/h6-8H,5H2,1-4H3. The number of hydrogen-bond acceptors (Lipinski definition) is 2. The third kappa shape index (κ3) is 3.03. The molecule has 0 aliphatic carbocycles. The molecule has 0 heterocycles. The normalized spacial score (nSPS) is 12.8. The van der Waals surface area contributed by atoms with Crippen molar-refractivity contribution in [3.05, 3.63) is 0 Å². The van der Waals surface area contributed by atoms with Crippen molar-refractivity contribution in [3.63, 3.8) is 0 Å². The van der Waals surface area contributed by atoms with Gasteiger partial charge in [-0.1, -0.05) is 13.8 Å². The van der Waals surface area contributed by atoms with E-state index in [0.717, 1.165) is 6.29 Å².